The van der Waals surface area contributed by atoms with Crippen molar-refractivity contribution in [1.29, 1.82) is 0 Å². The number of ether oxygens (including phenoxy) is 2. The van der Waals surface area contributed by atoms with Gasteiger partial charge in [0.05, 0.1) is 38.7 Å². The van der Waals surface area contributed by atoms with E-state index in [1.807, 2.05) is 10.9 Å². The smallest absolute Gasteiger partial charge is 0.150 e. The van der Waals surface area contributed by atoms with E-state index in [2.05, 4.69) is 73.4 Å². The van der Waals surface area contributed by atoms with Crippen LogP contribution in [-0.4, -0.2) is 70.2 Å². The van der Waals surface area contributed by atoms with Crippen LogP contribution in [0, 0.1) is 0 Å². The zero-order chi connectivity index (χ0) is 25.3. The molecule has 9 heteroatoms. The number of fused-ring (bicyclic) bond motifs is 1. The van der Waals surface area contributed by atoms with Crippen molar-refractivity contribution in [3.63, 3.8) is 0 Å². The Morgan fingerprint density at radius 3 is 2.67 bits per heavy atom. The molecule has 0 aromatic carbocycles. The van der Waals surface area contributed by atoms with Gasteiger partial charge in [-0.1, -0.05) is 0 Å². The van der Waals surface area contributed by atoms with Crippen molar-refractivity contribution in [2.45, 2.75) is 77.9 Å². The number of nitrogens with zero attached hydrogens (tertiary/aromatic N) is 4. The molecule has 0 radical (unpaired) electrons. The summed E-state index contributed by atoms with van der Waals surface area (Å²) in [6.07, 6.45) is 5.75. The number of hydrogen-bond acceptors (Lipinski definition) is 8. The largest absolute Gasteiger partial charge is 0.382 e. The van der Waals surface area contributed by atoms with Gasteiger partial charge in [-0.05, 0) is 66.0 Å². The number of aromatic nitrogens is 3. The molecular weight excluding hydrogens is 472 g/mol. The van der Waals surface area contributed by atoms with Crippen molar-refractivity contribution in [2.24, 2.45) is 0 Å². The molecule has 2 aliphatic rings. The van der Waals surface area contributed by atoms with Crippen LogP contribution in [0.15, 0.2) is 24.4 Å². The fourth-order valence-corrected chi connectivity index (χ4v) is 6.31. The number of rotatable bonds is 7. The van der Waals surface area contributed by atoms with Crippen LogP contribution >= 0.6 is 11.3 Å². The van der Waals surface area contributed by atoms with Gasteiger partial charge in [-0.15, -0.1) is 11.3 Å². The third-order valence-electron chi connectivity index (χ3n) is 6.57. The van der Waals surface area contributed by atoms with E-state index in [0.717, 1.165) is 73.2 Å². The molecule has 2 N–H and O–H groups in total. The molecule has 0 amide bonds. The Hall–Kier alpha value is -2.20. The summed E-state index contributed by atoms with van der Waals surface area (Å²) in [5, 5.41) is 11.9. The molecule has 2 aliphatic heterocycles. The van der Waals surface area contributed by atoms with Crippen LogP contribution in [0.2, 0.25) is 0 Å². The Morgan fingerprint density at radius 2 is 1.94 bits per heavy atom. The standard InChI is InChI=1S/C27H40N6O2S/c1-18-16-32(17-19(2)35-18)12-11-28-20-15-24(31-27(3,4)5)30-21-14-23(36-26(20)21)22-9-10-29-33(22)25-8-6-7-13-34-25/h9-10,14-15,18-19,25H,6-8,11-13,16-17H2,1-5H3,(H2,28,30,31)/t18-,19+,25?. The maximum atomic E-state index is 6.04. The fraction of sp³-hybridized carbons (Fsp3) is 0.630. The van der Waals surface area contributed by atoms with Gasteiger partial charge in [0.2, 0.25) is 0 Å². The molecule has 2 fully saturated rings. The number of anilines is 2. The summed E-state index contributed by atoms with van der Waals surface area (Å²) in [6.45, 7) is 15.4. The van der Waals surface area contributed by atoms with Crippen molar-refractivity contribution in [3.05, 3.63) is 24.4 Å². The topological polar surface area (TPSA) is 76.5 Å². The van der Waals surface area contributed by atoms with E-state index in [4.69, 9.17) is 14.5 Å². The van der Waals surface area contributed by atoms with Crippen molar-refractivity contribution in [3.8, 4) is 10.6 Å². The predicted molar refractivity (Wildman–Crippen MR) is 148 cm³/mol. The molecule has 3 aromatic rings. The second-order valence-corrected chi connectivity index (χ2v) is 12.2. The van der Waals surface area contributed by atoms with Crippen molar-refractivity contribution in [1.82, 2.24) is 19.7 Å². The highest BCUT2D eigenvalue weighted by Gasteiger charge is 2.23. The summed E-state index contributed by atoms with van der Waals surface area (Å²) in [5.41, 5.74) is 3.14. The Balaban J connectivity index is 1.41. The minimum atomic E-state index is -0.0756. The molecule has 36 heavy (non-hydrogen) atoms. The normalized spacial score (nSPS) is 23.8. The highest BCUT2D eigenvalue weighted by atomic mass is 32.1. The fourth-order valence-electron chi connectivity index (χ4n) is 5.20. The number of nitrogens with one attached hydrogen (secondary N) is 2. The van der Waals surface area contributed by atoms with Gasteiger partial charge < -0.3 is 20.1 Å². The van der Waals surface area contributed by atoms with Gasteiger partial charge in [-0.25, -0.2) is 9.67 Å². The minimum Gasteiger partial charge on any atom is -0.382 e. The average Bonchev–Trinajstić information content (AvgIpc) is 3.45. The van der Waals surface area contributed by atoms with Crippen molar-refractivity contribution in [2.75, 3.05) is 43.4 Å². The molecule has 3 aromatic heterocycles. The molecule has 5 heterocycles. The molecule has 0 spiro atoms. The van der Waals surface area contributed by atoms with Crippen LogP contribution in [-0.2, 0) is 9.47 Å². The Bertz CT molecular complexity index is 1150. The third kappa shape index (κ3) is 6.02. The summed E-state index contributed by atoms with van der Waals surface area (Å²) in [4.78, 5) is 8.63. The van der Waals surface area contributed by atoms with Gasteiger partial charge in [-0.2, -0.15) is 5.10 Å². The van der Waals surface area contributed by atoms with E-state index in [1.165, 1.54) is 11.1 Å². The summed E-state index contributed by atoms with van der Waals surface area (Å²) in [6, 6.07) is 6.44. The monoisotopic (exact) mass is 512 g/mol. The van der Waals surface area contributed by atoms with E-state index in [9.17, 15) is 0 Å². The Morgan fingerprint density at radius 1 is 1.14 bits per heavy atom. The van der Waals surface area contributed by atoms with Gasteiger partial charge in [0.15, 0.2) is 6.23 Å². The quantitative estimate of drug-likeness (QED) is 0.427. The summed E-state index contributed by atoms with van der Waals surface area (Å²) >= 11 is 1.77. The molecule has 8 nitrogen and oxygen atoms in total. The zero-order valence-corrected chi connectivity index (χ0v) is 23.0. The van der Waals surface area contributed by atoms with E-state index >= 15 is 0 Å². The van der Waals surface area contributed by atoms with Crippen LogP contribution in [0.1, 0.15) is 60.1 Å². The molecular formula is C27H40N6O2S. The molecule has 5 rings (SSSR count). The first-order valence-electron chi connectivity index (χ1n) is 13.2. The lowest BCUT2D eigenvalue weighted by Gasteiger charge is -2.35. The van der Waals surface area contributed by atoms with Crippen LogP contribution in [0.3, 0.4) is 0 Å². The maximum Gasteiger partial charge on any atom is 0.150 e. The third-order valence-corrected chi connectivity index (χ3v) is 7.75. The average molecular weight is 513 g/mol. The SMILES string of the molecule is C[C@@H]1CN(CCNc2cc(NC(C)(C)C)nc3cc(-c4ccnn4C4CCCCO4)sc23)C[C@H](C)O1. The summed E-state index contributed by atoms with van der Waals surface area (Å²) in [5.74, 6) is 0.889. The second-order valence-electron chi connectivity index (χ2n) is 11.2. The molecule has 2 saturated heterocycles. The van der Waals surface area contributed by atoms with Gasteiger partial charge in [0.25, 0.3) is 0 Å². The number of pyridine rings is 1. The first kappa shape index (κ1) is 25.4. The van der Waals surface area contributed by atoms with Crippen LogP contribution in [0.4, 0.5) is 11.5 Å². The summed E-state index contributed by atoms with van der Waals surface area (Å²) < 4.78 is 15.2. The highest BCUT2D eigenvalue weighted by molar-refractivity contribution is 7.22. The maximum absolute atomic E-state index is 6.04. The number of thiophene rings is 1. The van der Waals surface area contributed by atoms with Gasteiger partial charge in [0.1, 0.15) is 5.82 Å². The lowest BCUT2D eigenvalue weighted by molar-refractivity contribution is -0.0667. The van der Waals surface area contributed by atoms with Crippen molar-refractivity contribution < 1.29 is 9.47 Å². The zero-order valence-electron chi connectivity index (χ0n) is 22.2. The predicted octanol–water partition coefficient (Wildman–Crippen LogP) is 5.59. The van der Waals surface area contributed by atoms with Gasteiger partial charge in [0, 0.05) is 50.6 Å². The first-order valence-corrected chi connectivity index (χ1v) is 14.1. The summed E-state index contributed by atoms with van der Waals surface area (Å²) in [7, 11) is 0. The second kappa shape index (κ2) is 10.7. The van der Waals surface area contributed by atoms with E-state index < -0.39 is 0 Å². The molecule has 196 valence electrons. The van der Waals surface area contributed by atoms with Gasteiger partial charge >= 0.3 is 0 Å². The lowest BCUT2D eigenvalue weighted by Crippen LogP contribution is -2.46. The molecule has 1 unspecified atom stereocenters. The molecule has 0 aliphatic carbocycles. The van der Waals surface area contributed by atoms with Crippen LogP contribution in [0.25, 0.3) is 20.8 Å². The van der Waals surface area contributed by atoms with E-state index in [-0.39, 0.29) is 24.0 Å². The van der Waals surface area contributed by atoms with E-state index in [0.29, 0.717) is 0 Å². The van der Waals surface area contributed by atoms with Crippen LogP contribution < -0.4 is 10.6 Å². The Kier molecular flexibility index (Phi) is 7.53. The van der Waals surface area contributed by atoms with Gasteiger partial charge in [-0.3, -0.25) is 4.90 Å². The van der Waals surface area contributed by atoms with Crippen LogP contribution in [0.5, 0.6) is 0 Å². The molecule has 0 saturated carbocycles. The number of hydrogen-bond donors (Lipinski definition) is 2. The molecule has 3 atom stereocenters. The number of morpholine rings is 1. The first-order chi connectivity index (χ1) is 17.2. The lowest BCUT2D eigenvalue weighted by atomic mass is 10.1. The molecule has 0 bridgehead atoms. The Labute approximate surface area is 218 Å². The minimum absolute atomic E-state index is 0.0101. The highest BCUT2D eigenvalue weighted by Crippen LogP contribution is 2.39. The van der Waals surface area contributed by atoms with Crippen molar-refractivity contribution >= 4 is 33.1 Å². The van der Waals surface area contributed by atoms with E-state index in [1.54, 1.807) is 11.3 Å².